The summed E-state index contributed by atoms with van der Waals surface area (Å²) < 4.78 is 25.6. The van der Waals surface area contributed by atoms with Crippen molar-refractivity contribution < 1.29 is 47.7 Å². The van der Waals surface area contributed by atoms with Crippen LogP contribution in [0.4, 0.5) is 0 Å². The Morgan fingerprint density at radius 3 is 1.47 bits per heavy atom. The van der Waals surface area contributed by atoms with E-state index in [0.29, 0.717) is 5.56 Å². The highest BCUT2D eigenvalue weighted by atomic mass is 16.6. The fraction of sp³-hybridized carbons (Fsp3) is 0.0357. The van der Waals surface area contributed by atoms with Gasteiger partial charge in [-0.3, -0.25) is 0 Å². The number of hydrogen-bond donors (Lipinski definition) is 0. The van der Waals surface area contributed by atoms with E-state index < -0.39 is 29.8 Å². The molecule has 0 bridgehead atoms. The van der Waals surface area contributed by atoms with Gasteiger partial charge in [-0.2, -0.15) is 0 Å². The number of rotatable bonds is 11. The molecule has 0 atom stereocenters. The molecule has 2 aromatic rings. The van der Waals surface area contributed by atoms with E-state index in [4.69, 9.17) is 23.7 Å². The molecular weight excluding hydrogens is 496 g/mol. The van der Waals surface area contributed by atoms with Crippen LogP contribution in [0.3, 0.4) is 0 Å². The Labute approximate surface area is 217 Å². The van der Waals surface area contributed by atoms with Gasteiger partial charge in [0.1, 0.15) is 17.2 Å². The van der Waals surface area contributed by atoms with Crippen LogP contribution in [0.2, 0.25) is 0 Å². The van der Waals surface area contributed by atoms with E-state index in [1.54, 1.807) is 0 Å². The summed E-state index contributed by atoms with van der Waals surface area (Å²) in [6, 6.07) is 7.90. The predicted molar refractivity (Wildman–Crippen MR) is 135 cm³/mol. The molecule has 194 valence electrons. The maximum Gasteiger partial charge on any atom is 0.339 e. The lowest BCUT2D eigenvalue weighted by Crippen LogP contribution is -2.11. The molecule has 0 aromatic heterocycles. The summed E-state index contributed by atoms with van der Waals surface area (Å²) in [6.07, 6.45) is 5.11. The second-order valence-electron chi connectivity index (χ2n) is 7.06. The molecule has 0 aliphatic rings. The zero-order chi connectivity index (χ0) is 28.2. The van der Waals surface area contributed by atoms with Crippen LogP contribution in [0.25, 0.3) is 6.08 Å². The standard InChI is InChI=1S/C28H22O10/c1-6-24(29)34-19-14-20(35-25(30)7-2)16-21(15-19)36-28(33)17(5)12-18-10-11-22(37-26(31)8-3)23(13-18)38-27(32)9-4/h6-16H,1-4H2,5H3. The predicted octanol–water partition coefficient (Wildman–Crippen LogP) is 4.06. The number of hydrogen-bond acceptors (Lipinski definition) is 10. The molecule has 38 heavy (non-hydrogen) atoms. The van der Waals surface area contributed by atoms with Gasteiger partial charge in [-0.15, -0.1) is 0 Å². The van der Waals surface area contributed by atoms with E-state index in [2.05, 4.69) is 26.3 Å². The second-order valence-corrected chi connectivity index (χ2v) is 7.06. The van der Waals surface area contributed by atoms with E-state index in [1.165, 1.54) is 49.4 Å². The summed E-state index contributed by atoms with van der Waals surface area (Å²) in [7, 11) is 0. The molecule has 0 amide bonds. The summed E-state index contributed by atoms with van der Waals surface area (Å²) >= 11 is 0. The third kappa shape index (κ3) is 8.61. The average Bonchev–Trinajstić information content (AvgIpc) is 2.89. The Hall–Kier alpha value is -5.51. The normalized spacial score (nSPS) is 10.3. The van der Waals surface area contributed by atoms with Gasteiger partial charge < -0.3 is 23.7 Å². The Morgan fingerprint density at radius 2 is 1.00 bits per heavy atom. The minimum absolute atomic E-state index is 0.0602. The molecule has 0 unspecified atom stereocenters. The van der Waals surface area contributed by atoms with E-state index in [0.717, 1.165) is 24.3 Å². The number of ether oxygens (including phenoxy) is 5. The molecule has 2 aromatic carbocycles. The van der Waals surface area contributed by atoms with Gasteiger partial charge in [-0.25, -0.2) is 24.0 Å². The van der Waals surface area contributed by atoms with Crippen molar-refractivity contribution in [3.8, 4) is 28.7 Å². The van der Waals surface area contributed by atoms with Crippen LogP contribution in [-0.2, 0) is 24.0 Å². The van der Waals surface area contributed by atoms with Crippen molar-refractivity contribution in [3.05, 3.63) is 98.2 Å². The summed E-state index contributed by atoms with van der Waals surface area (Å²) in [5, 5.41) is 0. The molecule has 0 N–H and O–H groups in total. The Morgan fingerprint density at radius 1 is 0.579 bits per heavy atom. The fourth-order valence-electron chi connectivity index (χ4n) is 2.61. The van der Waals surface area contributed by atoms with E-state index in [9.17, 15) is 24.0 Å². The topological polar surface area (TPSA) is 132 Å². The summed E-state index contributed by atoms with van der Waals surface area (Å²) in [4.78, 5) is 59.2. The van der Waals surface area contributed by atoms with E-state index in [1.807, 2.05) is 0 Å². The van der Waals surface area contributed by atoms with Crippen LogP contribution in [0.15, 0.2) is 92.6 Å². The zero-order valence-electron chi connectivity index (χ0n) is 20.3. The molecule has 0 saturated carbocycles. The largest absolute Gasteiger partial charge is 0.423 e. The Kier molecular flexibility index (Phi) is 10.2. The molecule has 0 heterocycles. The number of esters is 5. The first-order chi connectivity index (χ1) is 18.1. The van der Waals surface area contributed by atoms with Crippen LogP contribution in [0.1, 0.15) is 12.5 Å². The second kappa shape index (κ2) is 13.5. The van der Waals surface area contributed by atoms with Crippen LogP contribution < -0.4 is 23.7 Å². The summed E-state index contributed by atoms with van der Waals surface area (Å²) in [5.41, 5.74) is 0.485. The van der Waals surface area contributed by atoms with Gasteiger partial charge in [0.05, 0.1) is 0 Å². The minimum atomic E-state index is -0.815. The van der Waals surface area contributed by atoms with Gasteiger partial charge in [0.2, 0.25) is 0 Å². The number of carbonyl (C=O) groups excluding carboxylic acids is 5. The van der Waals surface area contributed by atoms with Crippen molar-refractivity contribution in [2.24, 2.45) is 0 Å². The monoisotopic (exact) mass is 518 g/mol. The summed E-state index contributed by atoms with van der Waals surface area (Å²) in [6.45, 7) is 14.7. The SMILES string of the molecule is C=CC(=O)Oc1cc(OC(=O)C=C)cc(OC(=O)C(C)=Cc2ccc(OC(=O)C=C)c(OC(=O)C=C)c2)c1. The van der Waals surface area contributed by atoms with Gasteiger partial charge in [0.15, 0.2) is 11.5 Å². The van der Waals surface area contributed by atoms with Gasteiger partial charge in [0, 0.05) is 48.1 Å². The molecule has 2 rings (SSSR count). The first kappa shape index (κ1) is 28.7. The lowest BCUT2D eigenvalue weighted by atomic mass is 10.1. The highest BCUT2D eigenvalue weighted by Gasteiger charge is 2.15. The Bertz CT molecular complexity index is 1320. The van der Waals surface area contributed by atoms with Gasteiger partial charge in [-0.05, 0) is 30.7 Å². The highest BCUT2D eigenvalue weighted by molar-refractivity contribution is 5.95. The number of benzene rings is 2. The molecule has 0 saturated heterocycles. The van der Waals surface area contributed by atoms with E-state index >= 15 is 0 Å². The van der Waals surface area contributed by atoms with Crippen molar-refractivity contribution in [1.82, 2.24) is 0 Å². The van der Waals surface area contributed by atoms with E-state index in [-0.39, 0.29) is 34.3 Å². The minimum Gasteiger partial charge on any atom is -0.423 e. The smallest absolute Gasteiger partial charge is 0.339 e. The Balaban J connectivity index is 2.35. The van der Waals surface area contributed by atoms with Crippen molar-refractivity contribution in [3.63, 3.8) is 0 Å². The van der Waals surface area contributed by atoms with Gasteiger partial charge in [-0.1, -0.05) is 32.4 Å². The lowest BCUT2D eigenvalue weighted by Gasteiger charge is -2.11. The quantitative estimate of drug-likeness (QED) is 0.244. The first-order valence-corrected chi connectivity index (χ1v) is 10.6. The third-order valence-corrected chi connectivity index (χ3v) is 4.26. The van der Waals surface area contributed by atoms with Crippen LogP contribution in [-0.4, -0.2) is 29.8 Å². The lowest BCUT2D eigenvalue weighted by molar-refractivity contribution is -0.131. The zero-order valence-corrected chi connectivity index (χ0v) is 20.3. The van der Waals surface area contributed by atoms with Crippen LogP contribution >= 0.6 is 0 Å². The van der Waals surface area contributed by atoms with Crippen LogP contribution in [0, 0.1) is 0 Å². The molecule has 10 nitrogen and oxygen atoms in total. The van der Waals surface area contributed by atoms with Crippen molar-refractivity contribution in [2.45, 2.75) is 6.92 Å². The highest BCUT2D eigenvalue weighted by Crippen LogP contribution is 2.31. The van der Waals surface area contributed by atoms with Crippen molar-refractivity contribution in [2.75, 3.05) is 0 Å². The first-order valence-electron chi connectivity index (χ1n) is 10.6. The van der Waals surface area contributed by atoms with Gasteiger partial charge >= 0.3 is 29.8 Å². The maximum absolute atomic E-state index is 12.7. The average molecular weight is 518 g/mol. The van der Waals surface area contributed by atoms with Crippen molar-refractivity contribution >= 4 is 35.9 Å². The fourth-order valence-corrected chi connectivity index (χ4v) is 2.61. The molecule has 0 aliphatic heterocycles. The molecule has 10 heteroatoms. The maximum atomic E-state index is 12.7. The molecule has 0 spiro atoms. The molecule has 0 fully saturated rings. The third-order valence-electron chi connectivity index (χ3n) is 4.26. The molecule has 0 aliphatic carbocycles. The van der Waals surface area contributed by atoms with Gasteiger partial charge in [0.25, 0.3) is 0 Å². The summed E-state index contributed by atoms with van der Waals surface area (Å²) in [5.74, 6) is -4.39. The molecular formula is C28H22O10. The van der Waals surface area contributed by atoms with Crippen molar-refractivity contribution in [1.29, 1.82) is 0 Å². The molecule has 0 radical (unpaired) electrons. The van der Waals surface area contributed by atoms with Crippen LogP contribution in [0.5, 0.6) is 28.7 Å². The number of carbonyl (C=O) groups is 5.